The second-order valence-electron chi connectivity index (χ2n) is 10.6. The van der Waals surface area contributed by atoms with E-state index in [0.29, 0.717) is 12.4 Å². The van der Waals surface area contributed by atoms with E-state index in [2.05, 4.69) is 6.92 Å². The van der Waals surface area contributed by atoms with E-state index >= 15 is 0 Å². The predicted molar refractivity (Wildman–Crippen MR) is 145 cm³/mol. The minimum absolute atomic E-state index is 0.109. The number of hydrogen-bond acceptors (Lipinski definition) is 3. The Hall–Kier alpha value is -1.87. The summed E-state index contributed by atoms with van der Waals surface area (Å²) in [6, 6.07) is 5.07. The van der Waals surface area contributed by atoms with Gasteiger partial charge in [-0.3, -0.25) is 4.79 Å². The van der Waals surface area contributed by atoms with Crippen molar-refractivity contribution in [1.82, 2.24) is 0 Å². The fourth-order valence-electron chi connectivity index (χ4n) is 4.13. The molecule has 0 heterocycles. The van der Waals surface area contributed by atoms with Crippen LogP contribution < -0.4 is 4.74 Å². The highest BCUT2D eigenvalue weighted by Gasteiger charge is 2.90. The molecule has 0 N–H and O–H groups in total. The molecule has 0 spiro atoms. The monoisotopic (exact) mass is 696 g/mol. The van der Waals surface area contributed by atoms with Crippen LogP contribution in [-0.2, 0) is 0 Å². The smallest absolute Gasteiger partial charge is 0.460 e. The van der Waals surface area contributed by atoms with Crippen molar-refractivity contribution in [3.8, 4) is 5.75 Å². The number of thioether (sulfide) groups is 1. The minimum atomic E-state index is -7.94. The number of unbranched alkanes of at least 4 members (excludes halogenated alkanes) is 11. The van der Waals surface area contributed by atoms with Gasteiger partial charge in [0.25, 0.3) is 0 Å². The summed E-state index contributed by atoms with van der Waals surface area (Å²) in [5.74, 6) is -38.1. The number of ether oxygens (including phenoxy) is 1. The second kappa shape index (κ2) is 17.3. The first-order valence-electron chi connectivity index (χ1n) is 14.5. The van der Waals surface area contributed by atoms with Crippen molar-refractivity contribution >= 4 is 16.9 Å². The summed E-state index contributed by atoms with van der Waals surface area (Å²) in [5, 5.41) is -1.03. The molecule has 0 aliphatic rings. The molecule has 1 aromatic rings. The van der Waals surface area contributed by atoms with Gasteiger partial charge in [0.2, 0.25) is 5.12 Å². The van der Waals surface area contributed by atoms with E-state index in [9.17, 15) is 61.9 Å². The number of carbonyl (C=O) groups excluding carboxylic acids is 1. The van der Waals surface area contributed by atoms with Gasteiger partial charge in [0, 0.05) is 17.7 Å². The molecule has 0 aliphatic heterocycles. The molecule has 0 amide bonds. The average Bonchev–Trinajstić information content (AvgIpc) is 2.94. The lowest BCUT2D eigenvalue weighted by Gasteiger charge is -2.39. The van der Waals surface area contributed by atoms with E-state index in [0.717, 1.165) is 25.7 Å². The molecule has 16 heteroatoms. The number of rotatable bonds is 22. The van der Waals surface area contributed by atoms with E-state index in [1.807, 2.05) is 0 Å². The zero-order chi connectivity index (χ0) is 34.6. The maximum absolute atomic E-state index is 13.9. The van der Waals surface area contributed by atoms with Gasteiger partial charge in [0.15, 0.2) is 0 Å². The van der Waals surface area contributed by atoms with Crippen LogP contribution in [0.4, 0.5) is 57.1 Å². The van der Waals surface area contributed by atoms with Gasteiger partial charge in [-0.05, 0) is 30.7 Å². The van der Waals surface area contributed by atoms with Crippen LogP contribution in [0.1, 0.15) is 101 Å². The Morgan fingerprint density at radius 3 is 1.47 bits per heavy atom. The van der Waals surface area contributed by atoms with Gasteiger partial charge < -0.3 is 4.74 Å². The summed E-state index contributed by atoms with van der Waals surface area (Å²) in [5.41, 5.74) is -0.158. The Labute approximate surface area is 257 Å². The van der Waals surface area contributed by atoms with Crippen molar-refractivity contribution < 1.29 is 66.6 Å². The summed E-state index contributed by atoms with van der Waals surface area (Å²) in [4.78, 5) is 12.2. The number of hydrogen-bond donors (Lipinski definition) is 0. The highest BCUT2D eigenvalue weighted by molar-refractivity contribution is 8.14. The summed E-state index contributed by atoms with van der Waals surface area (Å²) in [7, 11) is 0. The fraction of sp³-hybridized carbons (Fsp3) is 0.759. The van der Waals surface area contributed by atoms with Crippen molar-refractivity contribution in [2.75, 3.05) is 12.4 Å². The number of halogens is 13. The first-order chi connectivity index (χ1) is 20.7. The van der Waals surface area contributed by atoms with Gasteiger partial charge in [-0.25, -0.2) is 0 Å². The molecule has 0 bridgehead atoms. The van der Waals surface area contributed by atoms with E-state index < -0.39 is 53.1 Å². The van der Waals surface area contributed by atoms with E-state index in [1.54, 1.807) is 0 Å². The molecular weight excluding hydrogens is 659 g/mol. The van der Waals surface area contributed by atoms with Crippen LogP contribution in [0, 0.1) is 0 Å². The van der Waals surface area contributed by atoms with Crippen molar-refractivity contribution in [3.05, 3.63) is 29.8 Å². The maximum Gasteiger partial charge on any atom is 0.460 e. The number of alkyl halides is 13. The van der Waals surface area contributed by atoms with Gasteiger partial charge in [-0.15, -0.1) is 0 Å². The van der Waals surface area contributed by atoms with E-state index in [4.69, 9.17) is 4.74 Å². The standard InChI is InChI=1S/C29H37F13O2S/c1-2-3-4-5-6-7-8-9-10-11-12-13-19-44-22-16-14-21(15-17-22)23(43)45-20-18-24(30,31)25(32,33)26(34,35)27(36,37)28(38,39)29(40,41)42/h14-17H,2-13,18-20H2,1H3. The largest absolute Gasteiger partial charge is 0.494 e. The molecule has 0 unspecified atom stereocenters. The molecule has 0 radical (unpaired) electrons. The van der Waals surface area contributed by atoms with Crippen LogP contribution in [0.3, 0.4) is 0 Å². The summed E-state index contributed by atoms with van der Waals surface area (Å²) < 4.78 is 177. The third-order valence-electron chi connectivity index (χ3n) is 7.00. The second-order valence-corrected chi connectivity index (χ2v) is 11.7. The van der Waals surface area contributed by atoms with Crippen LogP contribution in [0.2, 0.25) is 0 Å². The zero-order valence-electron chi connectivity index (χ0n) is 24.6. The normalized spacial score (nSPS) is 13.7. The Bertz CT molecular complexity index is 1010. The lowest BCUT2D eigenvalue weighted by molar-refractivity contribution is -0.439. The molecule has 0 aliphatic carbocycles. The third-order valence-corrected chi connectivity index (χ3v) is 7.91. The molecule has 1 aromatic carbocycles. The fourth-order valence-corrected chi connectivity index (χ4v) is 4.98. The van der Waals surface area contributed by atoms with Gasteiger partial charge in [-0.1, -0.05) is 89.3 Å². The Kier molecular flexibility index (Phi) is 15.8. The molecule has 0 aromatic heterocycles. The minimum Gasteiger partial charge on any atom is -0.494 e. The van der Waals surface area contributed by atoms with E-state index in [-0.39, 0.29) is 17.3 Å². The summed E-state index contributed by atoms with van der Waals surface area (Å²) in [6.07, 6.45) is 3.95. The molecule has 0 saturated carbocycles. The molecule has 1 rings (SSSR count). The van der Waals surface area contributed by atoms with Crippen molar-refractivity contribution in [2.24, 2.45) is 0 Å². The Morgan fingerprint density at radius 1 is 0.600 bits per heavy atom. The quantitative estimate of drug-likeness (QED) is 0.0892. The highest BCUT2D eigenvalue weighted by atomic mass is 32.2. The van der Waals surface area contributed by atoms with Crippen LogP contribution in [0.25, 0.3) is 0 Å². The Balaban J connectivity index is 2.50. The van der Waals surface area contributed by atoms with Gasteiger partial charge in [0.1, 0.15) is 5.75 Å². The van der Waals surface area contributed by atoms with Crippen molar-refractivity contribution in [3.63, 3.8) is 0 Å². The molecule has 0 saturated heterocycles. The third kappa shape index (κ3) is 10.8. The topological polar surface area (TPSA) is 26.3 Å². The predicted octanol–water partition coefficient (Wildman–Crippen LogP) is 11.8. The number of benzene rings is 1. The lowest BCUT2D eigenvalue weighted by Crippen LogP contribution is -2.70. The van der Waals surface area contributed by atoms with Gasteiger partial charge in [-0.2, -0.15) is 57.1 Å². The summed E-state index contributed by atoms with van der Waals surface area (Å²) in [6.45, 7) is 2.56. The van der Waals surface area contributed by atoms with Crippen LogP contribution >= 0.6 is 11.8 Å². The van der Waals surface area contributed by atoms with E-state index in [1.165, 1.54) is 75.6 Å². The SMILES string of the molecule is CCCCCCCCCCCCCCOc1ccc(C(=O)SCCC(F)(F)C(F)(F)C(F)(F)C(F)(F)C(F)(F)C(F)(F)F)cc1. The maximum atomic E-state index is 13.9. The molecule has 0 fully saturated rings. The highest BCUT2D eigenvalue weighted by Crippen LogP contribution is 2.60. The average molecular weight is 697 g/mol. The molecular formula is C29H37F13O2S. The number of carbonyl (C=O) groups is 1. The first-order valence-corrected chi connectivity index (χ1v) is 15.5. The molecule has 0 atom stereocenters. The molecule has 262 valence electrons. The van der Waals surface area contributed by atoms with Crippen LogP contribution in [0.15, 0.2) is 24.3 Å². The molecule has 2 nitrogen and oxygen atoms in total. The van der Waals surface area contributed by atoms with Gasteiger partial charge in [0.05, 0.1) is 6.61 Å². The van der Waals surface area contributed by atoms with Gasteiger partial charge >= 0.3 is 35.8 Å². The van der Waals surface area contributed by atoms with Crippen LogP contribution in [0.5, 0.6) is 5.75 Å². The zero-order valence-corrected chi connectivity index (χ0v) is 25.4. The summed E-state index contributed by atoms with van der Waals surface area (Å²) >= 11 is -0.109. The Morgan fingerprint density at radius 2 is 1.02 bits per heavy atom. The van der Waals surface area contributed by atoms with Crippen molar-refractivity contribution in [1.29, 1.82) is 0 Å². The van der Waals surface area contributed by atoms with Crippen molar-refractivity contribution in [2.45, 2.75) is 126 Å². The molecule has 45 heavy (non-hydrogen) atoms. The van der Waals surface area contributed by atoms with Crippen LogP contribution in [-0.4, -0.2) is 53.3 Å². The lowest BCUT2D eigenvalue weighted by atomic mass is 9.93. The first kappa shape index (κ1) is 41.2.